The maximum Gasteiger partial charge on any atom is 0.361 e. The van der Waals surface area contributed by atoms with E-state index in [1.54, 1.807) is 38.1 Å². The Kier molecular flexibility index (Phi) is 7.85. The van der Waals surface area contributed by atoms with Crippen LogP contribution in [0.5, 0.6) is 5.75 Å². The third-order valence-corrected chi connectivity index (χ3v) is 4.58. The Hall–Kier alpha value is -0.870. The molecule has 0 atom stereocenters. The first-order chi connectivity index (χ1) is 9.66. The summed E-state index contributed by atoms with van der Waals surface area (Å²) >= 11 is 0. The van der Waals surface area contributed by atoms with Gasteiger partial charge in [-0.25, -0.2) is 0 Å². The summed E-state index contributed by atoms with van der Waals surface area (Å²) in [6.07, 6.45) is 0. The molecular formula is C14H23O5P. The molecule has 5 nitrogen and oxygen atoms in total. The Bertz CT molecular complexity index is 408. The average Bonchev–Trinajstić information content (AvgIpc) is 2.45. The van der Waals surface area contributed by atoms with E-state index in [2.05, 4.69) is 0 Å². The van der Waals surface area contributed by atoms with Crippen molar-refractivity contribution in [2.24, 2.45) is 0 Å². The van der Waals surface area contributed by atoms with Crippen molar-refractivity contribution in [1.29, 1.82) is 0 Å². The minimum Gasteiger partial charge on any atom is -0.491 e. The van der Waals surface area contributed by atoms with Crippen LogP contribution in [0.2, 0.25) is 0 Å². The van der Waals surface area contributed by atoms with Crippen LogP contribution in [-0.2, 0) is 18.3 Å². The van der Waals surface area contributed by atoms with Crippen molar-refractivity contribution in [3.05, 3.63) is 24.3 Å². The van der Waals surface area contributed by atoms with Gasteiger partial charge in [-0.05, 0) is 45.0 Å². The van der Waals surface area contributed by atoms with Crippen LogP contribution in [0, 0.1) is 0 Å². The van der Waals surface area contributed by atoms with Gasteiger partial charge in [-0.2, -0.15) is 0 Å². The number of ether oxygens (including phenoxy) is 2. The lowest BCUT2D eigenvalue weighted by Crippen LogP contribution is -2.11. The second-order valence-corrected chi connectivity index (χ2v) is 5.90. The molecule has 0 fully saturated rings. The van der Waals surface area contributed by atoms with Gasteiger partial charge in [-0.1, -0.05) is 0 Å². The number of hydrogen-bond donors (Lipinski definition) is 0. The minimum atomic E-state index is -3.21. The van der Waals surface area contributed by atoms with Crippen LogP contribution in [0.3, 0.4) is 0 Å². The first-order valence-electron chi connectivity index (χ1n) is 6.86. The number of benzene rings is 1. The van der Waals surface area contributed by atoms with E-state index in [9.17, 15) is 4.57 Å². The normalized spacial score (nSPS) is 11.6. The van der Waals surface area contributed by atoms with Gasteiger partial charge in [0.1, 0.15) is 12.4 Å². The molecule has 0 amide bonds. The van der Waals surface area contributed by atoms with E-state index in [0.29, 0.717) is 44.1 Å². The molecule has 114 valence electrons. The second kappa shape index (κ2) is 9.14. The van der Waals surface area contributed by atoms with Crippen molar-refractivity contribution in [3.63, 3.8) is 0 Å². The van der Waals surface area contributed by atoms with E-state index in [-0.39, 0.29) is 0 Å². The third kappa shape index (κ3) is 5.25. The molecule has 0 N–H and O–H groups in total. The Morgan fingerprint density at radius 2 is 1.50 bits per heavy atom. The zero-order valence-electron chi connectivity index (χ0n) is 12.3. The van der Waals surface area contributed by atoms with Gasteiger partial charge in [0, 0.05) is 6.61 Å². The maximum absolute atomic E-state index is 12.5. The number of hydrogen-bond acceptors (Lipinski definition) is 5. The lowest BCUT2D eigenvalue weighted by Gasteiger charge is -2.17. The Morgan fingerprint density at radius 3 is 2.00 bits per heavy atom. The molecule has 0 radical (unpaired) electrons. The lowest BCUT2D eigenvalue weighted by molar-refractivity contribution is 0.110. The standard InChI is InChI=1S/C14H23O5P/c1-4-16-11-12-17-13-7-9-14(10-8-13)20(15,18-5-2)19-6-3/h7-10H,4-6,11-12H2,1-3H3. The van der Waals surface area contributed by atoms with Crippen LogP contribution < -0.4 is 10.0 Å². The highest BCUT2D eigenvalue weighted by Gasteiger charge is 2.26. The smallest absolute Gasteiger partial charge is 0.361 e. The predicted molar refractivity (Wildman–Crippen MR) is 78.9 cm³/mol. The molecular weight excluding hydrogens is 279 g/mol. The summed E-state index contributed by atoms with van der Waals surface area (Å²) in [5.41, 5.74) is 0. The molecule has 0 aliphatic heterocycles. The second-order valence-electron chi connectivity index (χ2n) is 3.87. The Balaban J connectivity index is 2.66. The van der Waals surface area contributed by atoms with Crippen LogP contribution >= 0.6 is 7.60 Å². The summed E-state index contributed by atoms with van der Waals surface area (Å²) in [5, 5.41) is 0.540. The molecule has 1 aromatic carbocycles. The average molecular weight is 302 g/mol. The third-order valence-electron chi connectivity index (χ3n) is 2.45. The monoisotopic (exact) mass is 302 g/mol. The molecule has 6 heteroatoms. The molecule has 0 bridgehead atoms. The largest absolute Gasteiger partial charge is 0.491 e. The van der Waals surface area contributed by atoms with E-state index < -0.39 is 7.60 Å². The van der Waals surface area contributed by atoms with E-state index in [1.165, 1.54) is 0 Å². The predicted octanol–water partition coefficient (Wildman–Crippen LogP) is 2.99. The minimum absolute atomic E-state index is 0.337. The zero-order chi connectivity index (χ0) is 14.8. The Morgan fingerprint density at radius 1 is 0.900 bits per heavy atom. The molecule has 0 spiro atoms. The van der Waals surface area contributed by atoms with Crippen LogP contribution in [0.25, 0.3) is 0 Å². The highest BCUT2D eigenvalue weighted by Crippen LogP contribution is 2.46. The fourth-order valence-corrected chi connectivity index (χ4v) is 3.18. The summed E-state index contributed by atoms with van der Waals surface area (Å²) in [4.78, 5) is 0. The van der Waals surface area contributed by atoms with Gasteiger partial charge in [0.05, 0.1) is 25.1 Å². The molecule has 0 unspecified atom stereocenters. The lowest BCUT2D eigenvalue weighted by atomic mass is 10.3. The topological polar surface area (TPSA) is 54.0 Å². The van der Waals surface area contributed by atoms with E-state index >= 15 is 0 Å². The molecule has 0 saturated carbocycles. The molecule has 0 heterocycles. The van der Waals surface area contributed by atoms with Gasteiger partial charge < -0.3 is 18.5 Å². The number of rotatable bonds is 10. The maximum atomic E-state index is 12.5. The van der Waals surface area contributed by atoms with Crippen LogP contribution in [0.4, 0.5) is 0 Å². The molecule has 0 aliphatic rings. The quantitative estimate of drug-likeness (QED) is 0.491. The fraction of sp³-hybridized carbons (Fsp3) is 0.571. The molecule has 1 aromatic rings. The van der Waals surface area contributed by atoms with E-state index in [1.807, 2.05) is 6.92 Å². The van der Waals surface area contributed by atoms with Gasteiger partial charge in [-0.15, -0.1) is 0 Å². The van der Waals surface area contributed by atoms with Crippen molar-refractivity contribution in [2.45, 2.75) is 20.8 Å². The fourth-order valence-electron chi connectivity index (χ4n) is 1.61. The van der Waals surface area contributed by atoms with E-state index in [4.69, 9.17) is 18.5 Å². The summed E-state index contributed by atoms with van der Waals surface area (Å²) in [5.74, 6) is 0.702. The van der Waals surface area contributed by atoms with Gasteiger partial charge >= 0.3 is 7.60 Å². The zero-order valence-corrected chi connectivity index (χ0v) is 13.2. The highest BCUT2D eigenvalue weighted by atomic mass is 31.2. The summed E-state index contributed by atoms with van der Waals surface area (Å²) < 4.78 is 33.8. The first kappa shape index (κ1) is 17.2. The van der Waals surface area contributed by atoms with Gasteiger partial charge in [0.2, 0.25) is 0 Å². The van der Waals surface area contributed by atoms with Crippen LogP contribution in [0.1, 0.15) is 20.8 Å². The van der Waals surface area contributed by atoms with E-state index in [0.717, 1.165) is 0 Å². The molecule has 0 aromatic heterocycles. The van der Waals surface area contributed by atoms with Gasteiger partial charge in [0.15, 0.2) is 0 Å². The van der Waals surface area contributed by atoms with Gasteiger partial charge in [0.25, 0.3) is 0 Å². The van der Waals surface area contributed by atoms with Crippen molar-refractivity contribution < 1.29 is 23.1 Å². The van der Waals surface area contributed by atoms with Crippen molar-refractivity contribution in [3.8, 4) is 5.75 Å². The van der Waals surface area contributed by atoms with Crippen molar-refractivity contribution >= 4 is 12.9 Å². The summed E-state index contributed by atoms with van der Waals surface area (Å²) in [7, 11) is -3.21. The van der Waals surface area contributed by atoms with Crippen LogP contribution in [0.15, 0.2) is 24.3 Å². The first-order valence-corrected chi connectivity index (χ1v) is 8.40. The molecule has 1 rings (SSSR count). The van der Waals surface area contributed by atoms with Gasteiger partial charge in [-0.3, -0.25) is 4.57 Å². The SMILES string of the molecule is CCOCCOc1ccc(P(=O)(OCC)OCC)cc1. The molecule has 0 aliphatic carbocycles. The van der Waals surface area contributed by atoms with Crippen LogP contribution in [-0.4, -0.2) is 33.0 Å². The van der Waals surface area contributed by atoms with Crippen molar-refractivity contribution in [1.82, 2.24) is 0 Å². The Labute approximate surface area is 120 Å². The summed E-state index contributed by atoms with van der Waals surface area (Å²) in [6.45, 7) is 7.90. The highest BCUT2D eigenvalue weighted by molar-refractivity contribution is 7.62. The molecule has 20 heavy (non-hydrogen) atoms. The summed E-state index contributed by atoms with van der Waals surface area (Å²) in [6, 6.07) is 6.93. The molecule has 0 saturated heterocycles. The van der Waals surface area contributed by atoms with Crippen molar-refractivity contribution in [2.75, 3.05) is 33.0 Å².